The molecule has 0 amide bonds. The zero-order valence-electron chi connectivity index (χ0n) is 8.26. The second-order valence-electron chi connectivity index (χ2n) is 2.07. The van der Waals surface area contributed by atoms with Gasteiger partial charge in [-0.1, -0.05) is 19.0 Å². The molecule has 1 heterocycles. The Morgan fingerprint density at radius 2 is 2.17 bits per heavy atom. The SMILES string of the molecule is CC.CCOCc1cc(C)no1. The van der Waals surface area contributed by atoms with Crippen LogP contribution >= 0.6 is 0 Å². The zero-order chi connectivity index (χ0) is 9.40. The van der Waals surface area contributed by atoms with Crippen molar-refractivity contribution in [3.8, 4) is 0 Å². The van der Waals surface area contributed by atoms with Gasteiger partial charge in [0.25, 0.3) is 0 Å². The lowest BCUT2D eigenvalue weighted by Gasteiger charge is -1.92. The Bertz CT molecular complexity index is 196. The average Bonchev–Trinajstić information content (AvgIpc) is 2.51. The van der Waals surface area contributed by atoms with Crippen molar-refractivity contribution in [3.63, 3.8) is 0 Å². The largest absolute Gasteiger partial charge is 0.374 e. The van der Waals surface area contributed by atoms with E-state index in [4.69, 9.17) is 9.26 Å². The minimum atomic E-state index is 0.525. The Morgan fingerprint density at radius 1 is 1.50 bits per heavy atom. The lowest BCUT2D eigenvalue weighted by molar-refractivity contribution is 0.112. The fourth-order valence-electron chi connectivity index (χ4n) is 0.687. The van der Waals surface area contributed by atoms with Crippen molar-refractivity contribution in [2.75, 3.05) is 6.61 Å². The first kappa shape index (κ1) is 11.2. The average molecular weight is 171 g/mol. The number of ether oxygens (including phenoxy) is 1. The molecule has 0 spiro atoms. The fourth-order valence-corrected chi connectivity index (χ4v) is 0.687. The lowest BCUT2D eigenvalue weighted by Crippen LogP contribution is -1.88. The van der Waals surface area contributed by atoms with E-state index in [1.807, 2.05) is 33.8 Å². The maximum atomic E-state index is 5.10. The van der Waals surface area contributed by atoms with E-state index in [1.54, 1.807) is 0 Å². The number of nitrogens with zero attached hydrogens (tertiary/aromatic N) is 1. The summed E-state index contributed by atoms with van der Waals surface area (Å²) in [5.41, 5.74) is 0.898. The topological polar surface area (TPSA) is 35.3 Å². The normalized spacial score (nSPS) is 9.00. The van der Waals surface area contributed by atoms with Crippen molar-refractivity contribution in [1.29, 1.82) is 0 Å². The molecule has 0 saturated carbocycles. The van der Waals surface area contributed by atoms with E-state index < -0.39 is 0 Å². The van der Waals surface area contributed by atoms with Crippen LogP contribution in [0.25, 0.3) is 0 Å². The smallest absolute Gasteiger partial charge is 0.162 e. The first-order valence-electron chi connectivity index (χ1n) is 4.33. The van der Waals surface area contributed by atoms with Gasteiger partial charge in [-0.2, -0.15) is 0 Å². The summed E-state index contributed by atoms with van der Waals surface area (Å²) in [5, 5.41) is 3.71. The molecule has 0 unspecified atom stereocenters. The molecule has 0 N–H and O–H groups in total. The Labute approximate surface area is 73.7 Å². The number of hydrogen-bond acceptors (Lipinski definition) is 3. The summed E-state index contributed by atoms with van der Waals surface area (Å²) >= 11 is 0. The summed E-state index contributed by atoms with van der Waals surface area (Å²) in [4.78, 5) is 0. The van der Waals surface area contributed by atoms with E-state index in [0.29, 0.717) is 13.2 Å². The van der Waals surface area contributed by atoms with Crippen LogP contribution in [0.3, 0.4) is 0 Å². The number of aromatic nitrogens is 1. The van der Waals surface area contributed by atoms with Gasteiger partial charge in [0.1, 0.15) is 6.61 Å². The van der Waals surface area contributed by atoms with E-state index in [-0.39, 0.29) is 0 Å². The first-order valence-corrected chi connectivity index (χ1v) is 4.33. The van der Waals surface area contributed by atoms with E-state index in [9.17, 15) is 0 Å². The summed E-state index contributed by atoms with van der Waals surface area (Å²) in [6.07, 6.45) is 0. The van der Waals surface area contributed by atoms with Gasteiger partial charge in [0.2, 0.25) is 0 Å². The molecule has 0 aliphatic heterocycles. The van der Waals surface area contributed by atoms with Crippen molar-refractivity contribution in [2.45, 2.75) is 34.3 Å². The van der Waals surface area contributed by atoms with Gasteiger partial charge in [0.05, 0.1) is 5.69 Å². The van der Waals surface area contributed by atoms with Gasteiger partial charge in [-0.25, -0.2) is 0 Å². The van der Waals surface area contributed by atoms with Gasteiger partial charge in [-0.05, 0) is 13.8 Å². The monoisotopic (exact) mass is 171 g/mol. The van der Waals surface area contributed by atoms with Crippen molar-refractivity contribution in [3.05, 3.63) is 17.5 Å². The molecule has 0 bridgehead atoms. The van der Waals surface area contributed by atoms with Crippen LogP contribution in [-0.2, 0) is 11.3 Å². The Morgan fingerprint density at radius 3 is 2.58 bits per heavy atom. The predicted octanol–water partition coefficient (Wildman–Crippen LogP) is 2.55. The van der Waals surface area contributed by atoms with Crippen molar-refractivity contribution in [1.82, 2.24) is 5.16 Å². The summed E-state index contributed by atoms with van der Waals surface area (Å²) in [7, 11) is 0. The highest BCUT2D eigenvalue weighted by Gasteiger charge is 1.97. The van der Waals surface area contributed by atoms with E-state index >= 15 is 0 Å². The Balaban J connectivity index is 0.000000561. The van der Waals surface area contributed by atoms with Crippen LogP contribution < -0.4 is 0 Å². The number of hydrogen-bond donors (Lipinski definition) is 0. The molecule has 3 heteroatoms. The molecule has 0 aliphatic carbocycles. The molecule has 0 atom stereocenters. The third-order valence-electron chi connectivity index (χ3n) is 1.13. The molecule has 12 heavy (non-hydrogen) atoms. The Kier molecular flexibility index (Phi) is 6.38. The van der Waals surface area contributed by atoms with Crippen LogP contribution in [0.5, 0.6) is 0 Å². The van der Waals surface area contributed by atoms with Crippen LogP contribution in [0.4, 0.5) is 0 Å². The highest BCUT2D eigenvalue weighted by molar-refractivity contribution is 5.01. The van der Waals surface area contributed by atoms with Crippen LogP contribution in [0.15, 0.2) is 10.6 Å². The van der Waals surface area contributed by atoms with Crippen LogP contribution in [0.2, 0.25) is 0 Å². The van der Waals surface area contributed by atoms with Crippen molar-refractivity contribution in [2.24, 2.45) is 0 Å². The summed E-state index contributed by atoms with van der Waals surface area (Å²) in [6, 6.07) is 1.87. The molecule has 70 valence electrons. The van der Waals surface area contributed by atoms with Gasteiger partial charge in [-0.3, -0.25) is 0 Å². The molecule has 0 aromatic carbocycles. The summed E-state index contributed by atoms with van der Waals surface area (Å²) < 4.78 is 9.99. The second kappa shape index (κ2) is 6.85. The number of aryl methyl sites for hydroxylation is 1. The standard InChI is InChI=1S/C7H11NO2.C2H6/c1-3-9-5-7-4-6(2)8-10-7;1-2/h4H,3,5H2,1-2H3;1-2H3. The molecule has 0 aliphatic rings. The summed E-state index contributed by atoms with van der Waals surface area (Å²) in [5.74, 6) is 0.791. The molecular weight excluding hydrogens is 154 g/mol. The van der Waals surface area contributed by atoms with Crippen molar-refractivity contribution >= 4 is 0 Å². The molecule has 1 rings (SSSR count). The van der Waals surface area contributed by atoms with E-state index in [2.05, 4.69) is 5.16 Å². The molecule has 1 aromatic heterocycles. The summed E-state index contributed by atoms with van der Waals surface area (Å²) in [6.45, 7) is 9.07. The molecule has 0 radical (unpaired) electrons. The molecule has 3 nitrogen and oxygen atoms in total. The van der Waals surface area contributed by atoms with Crippen LogP contribution in [0, 0.1) is 6.92 Å². The maximum Gasteiger partial charge on any atom is 0.162 e. The lowest BCUT2D eigenvalue weighted by atomic mass is 10.4. The third kappa shape index (κ3) is 4.13. The zero-order valence-corrected chi connectivity index (χ0v) is 8.26. The van der Waals surface area contributed by atoms with Gasteiger partial charge in [-0.15, -0.1) is 0 Å². The predicted molar refractivity (Wildman–Crippen MR) is 47.9 cm³/mol. The molecule has 1 aromatic rings. The molecule has 0 fully saturated rings. The van der Waals surface area contributed by atoms with Crippen molar-refractivity contribution < 1.29 is 9.26 Å². The van der Waals surface area contributed by atoms with Gasteiger partial charge in [0, 0.05) is 12.7 Å². The first-order chi connectivity index (χ1) is 5.83. The van der Waals surface area contributed by atoms with Gasteiger partial charge >= 0.3 is 0 Å². The highest BCUT2D eigenvalue weighted by atomic mass is 16.5. The molecule has 0 saturated heterocycles. The minimum Gasteiger partial charge on any atom is -0.374 e. The number of rotatable bonds is 3. The van der Waals surface area contributed by atoms with Gasteiger partial charge in [0.15, 0.2) is 5.76 Å². The quantitative estimate of drug-likeness (QED) is 0.701. The van der Waals surface area contributed by atoms with Gasteiger partial charge < -0.3 is 9.26 Å². The Hall–Kier alpha value is -0.830. The highest BCUT2D eigenvalue weighted by Crippen LogP contribution is 2.02. The maximum absolute atomic E-state index is 5.10. The van der Waals surface area contributed by atoms with E-state index in [0.717, 1.165) is 11.5 Å². The second-order valence-corrected chi connectivity index (χ2v) is 2.07. The fraction of sp³-hybridized carbons (Fsp3) is 0.667. The van der Waals surface area contributed by atoms with Crippen LogP contribution in [0.1, 0.15) is 32.2 Å². The molecular formula is C9H17NO2. The minimum absolute atomic E-state index is 0.525. The van der Waals surface area contributed by atoms with Crippen LogP contribution in [-0.4, -0.2) is 11.8 Å². The van der Waals surface area contributed by atoms with E-state index in [1.165, 1.54) is 0 Å². The third-order valence-corrected chi connectivity index (χ3v) is 1.13.